The van der Waals surface area contributed by atoms with Crippen LogP contribution in [0.4, 0.5) is 4.39 Å². The molecule has 0 aliphatic heterocycles. The van der Waals surface area contributed by atoms with Crippen LogP contribution in [0.5, 0.6) is 0 Å². The molecule has 0 fully saturated rings. The van der Waals surface area contributed by atoms with Gasteiger partial charge in [0.1, 0.15) is 5.82 Å². The highest BCUT2D eigenvalue weighted by Crippen LogP contribution is 2.25. The van der Waals surface area contributed by atoms with Gasteiger partial charge < -0.3 is 4.74 Å². The lowest BCUT2D eigenvalue weighted by Gasteiger charge is -2.23. The van der Waals surface area contributed by atoms with Crippen molar-refractivity contribution in [2.75, 3.05) is 13.7 Å². The maximum Gasteiger partial charge on any atom is 0.128 e. The van der Waals surface area contributed by atoms with Crippen LogP contribution in [-0.2, 0) is 4.74 Å². The van der Waals surface area contributed by atoms with Crippen molar-refractivity contribution in [1.82, 2.24) is 5.43 Å². The normalized spacial score (nSPS) is 14.8. The summed E-state index contributed by atoms with van der Waals surface area (Å²) in [7, 11) is 1.65. The first-order valence-corrected chi connectivity index (χ1v) is 5.40. The molecular weight excluding hydrogens is 207 g/mol. The van der Waals surface area contributed by atoms with Crippen molar-refractivity contribution in [3.8, 4) is 0 Å². The lowest BCUT2D eigenvalue weighted by atomic mass is 9.92. The van der Waals surface area contributed by atoms with E-state index in [-0.39, 0.29) is 17.8 Å². The number of hydrogen-bond donors (Lipinski definition) is 2. The number of hydrazine groups is 1. The van der Waals surface area contributed by atoms with Gasteiger partial charge in [-0.25, -0.2) is 4.39 Å². The summed E-state index contributed by atoms with van der Waals surface area (Å²) in [5.74, 6) is 5.47. The lowest BCUT2D eigenvalue weighted by Crippen LogP contribution is -2.33. The van der Waals surface area contributed by atoms with Crippen molar-refractivity contribution in [1.29, 1.82) is 0 Å². The lowest BCUT2D eigenvalue weighted by molar-refractivity contribution is 0.169. The third kappa shape index (κ3) is 3.27. The minimum atomic E-state index is -0.227. The Balaban J connectivity index is 2.77. The highest BCUT2D eigenvalue weighted by molar-refractivity contribution is 5.21. The van der Waals surface area contributed by atoms with Crippen LogP contribution in [0.25, 0.3) is 0 Å². The third-order valence-electron chi connectivity index (χ3n) is 2.77. The summed E-state index contributed by atoms with van der Waals surface area (Å²) in [5, 5.41) is 0. The monoisotopic (exact) mass is 226 g/mol. The van der Waals surface area contributed by atoms with Gasteiger partial charge in [-0.3, -0.25) is 11.3 Å². The van der Waals surface area contributed by atoms with Gasteiger partial charge in [0, 0.05) is 19.3 Å². The maximum atomic E-state index is 13.6. The zero-order valence-corrected chi connectivity index (χ0v) is 9.74. The van der Waals surface area contributed by atoms with Crippen LogP contribution in [0, 0.1) is 11.7 Å². The van der Waals surface area contributed by atoms with E-state index in [1.54, 1.807) is 19.2 Å². The molecule has 0 aliphatic carbocycles. The molecule has 1 aromatic carbocycles. The first-order chi connectivity index (χ1) is 7.70. The first-order valence-electron chi connectivity index (χ1n) is 5.40. The standard InChI is InChI=1S/C12H19FN2O/c1-9(7-8-16-2)12(15-14)10-5-3-4-6-11(10)13/h3-6,9,12,15H,7-8,14H2,1-2H3. The van der Waals surface area contributed by atoms with E-state index in [9.17, 15) is 4.39 Å². The molecule has 16 heavy (non-hydrogen) atoms. The van der Waals surface area contributed by atoms with Gasteiger partial charge >= 0.3 is 0 Å². The molecule has 0 bridgehead atoms. The van der Waals surface area contributed by atoms with Crippen LogP contribution in [0.3, 0.4) is 0 Å². The maximum absolute atomic E-state index is 13.6. The Labute approximate surface area is 95.8 Å². The number of halogens is 1. The van der Waals surface area contributed by atoms with Gasteiger partial charge in [0.05, 0.1) is 6.04 Å². The summed E-state index contributed by atoms with van der Waals surface area (Å²) in [4.78, 5) is 0. The van der Waals surface area contributed by atoms with Crippen molar-refractivity contribution in [2.45, 2.75) is 19.4 Å². The Hall–Kier alpha value is -0.970. The van der Waals surface area contributed by atoms with E-state index in [1.807, 2.05) is 13.0 Å². The van der Waals surface area contributed by atoms with Crippen LogP contribution in [0.2, 0.25) is 0 Å². The van der Waals surface area contributed by atoms with Crippen LogP contribution < -0.4 is 11.3 Å². The highest BCUT2D eigenvalue weighted by Gasteiger charge is 2.20. The molecule has 2 atom stereocenters. The second-order valence-electron chi connectivity index (χ2n) is 3.92. The molecule has 3 nitrogen and oxygen atoms in total. The SMILES string of the molecule is COCCC(C)C(NN)c1ccccc1F. The zero-order valence-electron chi connectivity index (χ0n) is 9.74. The van der Waals surface area contributed by atoms with Gasteiger partial charge in [0.15, 0.2) is 0 Å². The van der Waals surface area contributed by atoms with Crippen LogP contribution in [0.15, 0.2) is 24.3 Å². The highest BCUT2D eigenvalue weighted by atomic mass is 19.1. The van der Waals surface area contributed by atoms with E-state index < -0.39 is 0 Å². The number of hydrogen-bond acceptors (Lipinski definition) is 3. The van der Waals surface area contributed by atoms with E-state index in [0.29, 0.717) is 12.2 Å². The molecule has 0 aliphatic rings. The van der Waals surface area contributed by atoms with Gasteiger partial charge in [0.25, 0.3) is 0 Å². The topological polar surface area (TPSA) is 47.3 Å². The minimum Gasteiger partial charge on any atom is -0.385 e. The first kappa shape index (κ1) is 13.1. The molecule has 2 unspecified atom stereocenters. The molecule has 0 aromatic heterocycles. The molecule has 0 spiro atoms. The summed E-state index contributed by atoms with van der Waals surface area (Å²) in [6.45, 7) is 2.67. The van der Waals surface area contributed by atoms with E-state index in [1.165, 1.54) is 6.07 Å². The Kier molecular flexibility index (Phi) is 5.38. The average Bonchev–Trinajstić information content (AvgIpc) is 2.30. The van der Waals surface area contributed by atoms with Gasteiger partial charge in [-0.1, -0.05) is 25.1 Å². The second kappa shape index (κ2) is 6.58. The number of rotatable bonds is 6. The summed E-state index contributed by atoms with van der Waals surface area (Å²) in [6.07, 6.45) is 0.833. The summed E-state index contributed by atoms with van der Waals surface area (Å²) in [6, 6.07) is 6.50. The fourth-order valence-corrected chi connectivity index (χ4v) is 1.76. The zero-order chi connectivity index (χ0) is 12.0. The molecule has 0 heterocycles. The van der Waals surface area contributed by atoms with E-state index in [4.69, 9.17) is 10.6 Å². The van der Waals surface area contributed by atoms with Crippen molar-refractivity contribution in [3.63, 3.8) is 0 Å². The van der Waals surface area contributed by atoms with Crippen LogP contribution >= 0.6 is 0 Å². The van der Waals surface area contributed by atoms with Crippen LogP contribution in [-0.4, -0.2) is 13.7 Å². The molecule has 0 saturated heterocycles. The molecule has 4 heteroatoms. The van der Waals surface area contributed by atoms with Gasteiger partial charge in [-0.2, -0.15) is 0 Å². The van der Waals surface area contributed by atoms with Crippen molar-refractivity contribution >= 4 is 0 Å². The number of nitrogens with two attached hydrogens (primary N) is 1. The number of methoxy groups -OCH3 is 1. The van der Waals surface area contributed by atoms with Crippen molar-refractivity contribution in [2.24, 2.45) is 11.8 Å². The number of benzene rings is 1. The van der Waals surface area contributed by atoms with Crippen molar-refractivity contribution < 1.29 is 9.13 Å². The fourth-order valence-electron chi connectivity index (χ4n) is 1.76. The summed E-state index contributed by atoms with van der Waals surface area (Å²) < 4.78 is 18.6. The molecule has 1 rings (SSSR count). The molecule has 0 radical (unpaired) electrons. The second-order valence-corrected chi connectivity index (χ2v) is 3.92. The third-order valence-corrected chi connectivity index (χ3v) is 2.77. The minimum absolute atomic E-state index is 0.184. The molecule has 3 N–H and O–H groups in total. The largest absolute Gasteiger partial charge is 0.385 e. The Morgan fingerprint density at radius 2 is 2.12 bits per heavy atom. The van der Waals surface area contributed by atoms with Gasteiger partial charge in [-0.05, 0) is 18.4 Å². The Morgan fingerprint density at radius 3 is 2.69 bits per heavy atom. The van der Waals surface area contributed by atoms with Gasteiger partial charge in [-0.15, -0.1) is 0 Å². The van der Waals surface area contributed by atoms with Gasteiger partial charge in [0.2, 0.25) is 0 Å². The Bertz CT molecular complexity index is 320. The number of ether oxygens (including phenoxy) is 1. The predicted octanol–water partition coefficient (Wildman–Crippen LogP) is 2.00. The van der Waals surface area contributed by atoms with E-state index in [2.05, 4.69) is 5.43 Å². The van der Waals surface area contributed by atoms with Crippen LogP contribution in [0.1, 0.15) is 24.9 Å². The molecule has 90 valence electrons. The Morgan fingerprint density at radius 1 is 1.44 bits per heavy atom. The molecular formula is C12H19FN2O. The van der Waals surface area contributed by atoms with E-state index >= 15 is 0 Å². The van der Waals surface area contributed by atoms with E-state index in [0.717, 1.165) is 6.42 Å². The fraction of sp³-hybridized carbons (Fsp3) is 0.500. The molecule has 0 saturated carbocycles. The summed E-state index contributed by atoms with van der Waals surface area (Å²) in [5.41, 5.74) is 3.28. The quantitative estimate of drug-likeness (QED) is 0.576. The predicted molar refractivity (Wildman–Crippen MR) is 62.1 cm³/mol. The smallest absolute Gasteiger partial charge is 0.128 e. The number of nitrogens with one attached hydrogen (secondary N) is 1. The van der Waals surface area contributed by atoms with Crippen molar-refractivity contribution in [3.05, 3.63) is 35.6 Å². The molecule has 0 amide bonds. The molecule has 1 aromatic rings. The summed E-state index contributed by atoms with van der Waals surface area (Å²) >= 11 is 0. The average molecular weight is 226 g/mol.